The van der Waals surface area contributed by atoms with Gasteiger partial charge in [0, 0.05) is 6.20 Å². The zero-order valence-electron chi connectivity index (χ0n) is 12.1. The lowest BCUT2D eigenvalue weighted by Crippen LogP contribution is -2.37. The Morgan fingerprint density at radius 3 is 2.52 bits per heavy atom. The summed E-state index contributed by atoms with van der Waals surface area (Å²) in [7, 11) is 0. The quantitative estimate of drug-likeness (QED) is 0.909. The SMILES string of the molecule is C=CN(/C(=C\N)C(F)(F)F)C1c2ccccc2CC1(C)C. The van der Waals surface area contributed by atoms with Crippen molar-refractivity contribution >= 4 is 0 Å². The van der Waals surface area contributed by atoms with Gasteiger partial charge in [0.2, 0.25) is 0 Å². The lowest BCUT2D eigenvalue weighted by molar-refractivity contribution is -0.113. The average molecular weight is 296 g/mol. The molecule has 1 aromatic rings. The van der Waals surface area contributed by atoms with Crippen molar-refractivity contribution in [1.82, 2.24) is 4.90 Å². The van der Waals surface area contributed by atoms with E-state index in [0.717, 1.165) is 16.0 Å². The van der Waals surface area contributed by atoms with E-state index in [9.17, 15) is 13.2 Å². The Bertz CT molecular complexity index is 573. The summed E-state index contributed by atoms with van der Waals surface area (Å²) in [5.41, 5.74) is 5.97. The van der Waals surface area contributed by atoms with Crippen molar-refractivity contribution in [1.29, 1.82) is 0 Å². The molecule has 1 aromatic carbocycles. The van der Waals surface area contributed by atoms with Crippen molar-refractivity contribution in [3.05, 3.63) is 60.1 Å². The summed E-state index contributed by atoms with van der Waals surface area (Å²) in [6, 6.07) is 7.13. The summed E-state index contributed by atoms with van der Waals surface area (Å²) in [6.07, 6.45) is -1.98. The first kappa shape index (κ1) is 15.5. The number of halogens is 3. The fourth-order valence-corrected chi connectivity index (χ4v) is 3.17. The van der Waals surface area contributed by atoms with Crippen LogP contribution in [0.15, 0.2) is 48.9 Å². The summed E-state index contributed by atoms with van der Waals surface area (Å²) in [6.45, 7) is 7.47. The first-order valence-corrected chi connectivity index (χ1v) is 6.70. The van der Waals surface area contributed by atoms with Crippen molar-refractivity contribution in [2.45, 2.75) is 32.5 Å². The molecule has 2 rings (SSSR count). The van der Waals surface area contributed by atoms with E-state index in [1.807, 2.05) is 38.1 Å². The van der Waals surface area contributed by atoms with Gasteiger partial charge in [-0.15, -0.1) is 0 Å². The lowest BCUT2D eigenvalue weighted by Gasteiger charge is -2.38. The summed E-state index contributed by atoms with van der Waals surface area (Å²) >= 11 is 0. The molecule has 21 heavy (non-hydrogen) atoms. The van der Waals surface area contributed by atoms with Crippen LogP contribution in [-0.2, 0) is 6.42 Å². The van der Waals surface area contributed by atoms with Crippen LogP contribution < -0.4 is 5.73 Å². The van der Waals surface area contributed by atoms with Crippen LogP contribution >= 0.6 is 0 Å². The van der Waals surface area contributed by atoms with E-state index in [4.69, 9.17) is 5.73 Å². The molecule has 2 N–H and O–H groups in total. The smallest absolute Gasteiger partial charge is 0.403 e. The number of hydrogen-bond acceptors (Lipinski definition) is 2. The molecule has 0 radical (unpaired) electrons. The molecule has 0 saturated carbocycles. The van der Waals surface area contributed by atoms with Crippen molar-refractivity contribution in [2.75, 3.05) is 0 Å². The van der Waals surface area contributed by atoms with Crippen LogP contribution in [0.5, 0.6) is 0 Å². The van der Waals surface area contributed by atoms with Gasteiger partial charge >= 0.3 is 6.18 Å². The van der Waals surface area contributed by atoms with E-state index < -0.39 is 17.9 Å². The van der Waals surface area contributed by atoms with Crippen LogP contribution in [-0.4, -0.2) is 11.1 Å². The molecule has 0 bridgehead atoms. The maximum absolute atomic E-state index is 13.2. The number of nitrogens with two attached hydrogens (primary N) is 1. The minimum atomic E-state index is -4.52. The lowest BCUT2D eigenvalue weighted by atomic mass is 9.84. The standard InChI is InChI=1S/C16H19F3N2/c1-4-21(13(10-20)16(17,18)19)14-12-8-6-5-7-11(12)9-15(14,2)3/h4-8,10,14H,1,9,20H2,2-3H3/b13-10-. The molecule has 0 heterocycles. The first-order valence-electron chi connectivity index (χ1n) is 6.70. The van der Waals surface area contributed by atoms with Gasteiger partial charge in [0.25, 0.3) is 0 Å². The Balaban J connectivity index is 2.54. The molecule has 1 unspecified atom stereocenters. The highest BCUT2D eigenvalue weighted by atomic mass is 19.4. The molecule has 0 spiro atoms. The summed E-state index contributed by atoms with van der Waals surface area (Å²) < 4.78 is 39.6. The Morgan fingerprint density at radius 2 is 2.00 bits per heavy atom. The van der Waals surface area contributed by atoms with Gasteiger partial charge in [-0.05, 0) is 29.2 Å². The number of hydrogen-bond donors (Lipinski definition) is 1. The Labute approximate surface area is 122 Å². The molecular weight excluding hydrogens is 277 g/mol. The van der Waals surface area contributed by atoms with Crippen LogP contribution in [0.25, 0.3) is 0 Å². The Hall–Kier alpha value is -1.91. The average Bonchev–Trinajstić information content (AvgIpc) is 2.64. The fourth-order valence-electron chi connectivity index (χ4n) is 3.17. The van der Waals surface area contributed by atoms with Crippen LogP contribution in [0.1, 0.15) is 31.0 Å². The van der Waals surface area contributed by atoms with Crippen molar-refractivity contribution < 1.29 is 13.2 Å². The molecule has 0 saturated heterocycles. The van der Waals surface area contributed by atoms with Gasteiger partial charge in [0.05, 0.1) is 6.04 Å². The highest BCUT2D eigenvalue weighted by Crippen LogP contribution is 2.51. The normalized spacial score (nSPS) is 21.0. The van der Waals surface area contributed by atoms with Gasteiger partial charge in [-0.2, -0.15) is 13.2 Å². The number of fused-ring (bicyclic) bond motifs is 1. The third-order valence-electron chi connectivity index (χ3n) is 3.94. The van der Waals surface area contributed by atoms with Gasteiger partial charge in [0.15, 0.2) is 0 Å². The number of alkyl halides is 3. The summed E-state index contributed by atoms with van der Waals surface area (Å²) in [5, 5.41) is 0. The highest BCUT2D eigenvalue weighted by molar-refractivity contribution is 5.39. The minimum absolute atomic E-state index is 0.350. The van der Waals surface area contributed by atoms with Crippen molar-refractivity contribution in [2.24, 2.45) is 11.1 Å². The summed E-state index contributed by atoms with van der Waals surface area (Å²) in [4.78, 5) is 1.14. The van der Waals surface area contributed by atoms with E-state index >= 15 is 0 Å². The number of nitrogens with zero attached hydrogens (tertiary/aromatic N) is 1. The molecule has 2 nitrogen and oxygen atoms in total. The monoisotopic (exact) mass is 296 g/mol. The maximum atomic E-state index is 13.2. The third kappa shape index (κ3) is 2.64. The molecule has 1 aliphatic rings. The Morgan fingerprint density at radius 1 is 1.38 bits per heavy atom. The van der Waals surface area contributed by atoms with Gasteiger partial charge < -0.3 is 10.6 Å². The molecule has 5 heteroatoms. The fraction of sp³-hybridized carbons (Fsp3) is 0.375. The summed E-state index contributed by atoms with van der Waals surface area (Å²) in [5.74, 6) is 0. The number of allylic oxidation sites excluding steroid dienone is 1. The second-order valence-electron chi connectivity index (χ2n) is 5.91. The van der Waals surface area contributed by atoms with Crippen molar-refractivity contribution in [3.8, 4) is 0 Å². The topological polar surface area (TPSA) is 29.3 Å². The molecule has 0 amide bonds. The largest absolute Gasteiger partial charge is 0.432 e. The molecule has 0 aliphatic heterocycles. The first-order chi connectivity index (χ1) is 9.72. The molecule has 1 aliphatic carbocycles. The predicted molar refractivity (Wildman–Crippen MR) is 77.0 cm³/mol. The molecule has 0 fully saturated rings. The second-order valence-corrected chi connectivity index (χ2v) is 5.91. The van der Waals surface area contributed by atoms with E-state index in [1.165, 1.54) is 6.20 Å². The van der Waals surface area contributed by atoms with Gasteiger partial charge in [-0.1, -0.05) is 44.7 Å². The van der Waals surface area contributed by atoms with E-state index in [1.54, 1.807) is 0 Å². The molecule has 1 atom stereocenters. The molecular formula is C16H19F3N2. The predicted octanol–water partition coefficient (Wildman–Crippen LogP) is 4.12. The van der Waals surface area contributed by atoms with Gasteiger partial charge in [-0.3, -0.25) is 0 Å². The van der Waals surface area contributed by atoms with Crippen LogP contribution in [0.2, 0.25) is 0 Å². The van der Waals surface area contributed by atoms with Crippen LogP contribution in [0.4, 0.5) is 13.2 Å². The second kappa shape index (κ2) is 5.13. The highest BCUT2D eigenvalue weighted by Gasteiger charge is 2.47. The third-order valence-corrected chi connectivity index (χ3v) is 3.94. The van der Waals surface area contributed by atoms with Crippen LogP contribution in [0.3, 0.4) is 0 Å². The number of benzene rings is 1. The van der Waals surface area contributed by atoms with E-state index in [2.05, 4.69) is 6.58 Å². The van der Waals surface area contributed by atoms with E-state index in [0.29, 0.717) is 12.6 Å². The van der Waals surface area contributed by atoms with Gasteiger partial charge in [-0.25, -0.2) is 0 Å². The molecule has 0 aromatic heterocycles. The minimum Gasteiger partial charge on any atom is -0.403 e. The van der Waals surface area contributed by atoms with E-state index in [-0.39, 0.29) is 5.41 Å². The zero-order valence-corrected chi connectivity index (χ0v) is 12.1. The van der Waals surface area contributed by atoms with Gasteiger partial charge in [0.1, 0.15) is 5.70 Å². The number of rotatable bonds is 3. The molecule has 114 valence electrons. The van der Waals surface area contributed by atoms with Crippen LogP contribution in [0, 0.1) is 5.41 Å². The van der Waals surface area contributed by atoms with Crippen molar-refractivity contribution in [3.63, 3.8) is 0 Å². The zero-order chi connectivity index (χ0) is 15.8. The maximum Gasteiger partial charge on any atom is 0.432 e. The Kier molecular flexibility index (Phi) is 3.78.